The van der Waals surface area contributed by atoms with E-state index in [-0.39, 0.29) is 18.8 Å². The Hall–Kier alpha value is -3.73. The topological polar surface area (TPSA) is 140 Å². The second-order valence-corrected chi connectivity index (χ2v) is 9.98. The van der Waals surface area contributed by atoms with Crippen LogP contribution in [0.25, 0.3) is 0 Å². The number of carbonyl (C=O) groups is 2. The fourth-order valence-corrected chi connectivity index (χ4v) is 5.13. The number of esters is 1. The van der Waals surface area contributed by atoms with Gasteiger partial charge >= 0.3 is 12.0 Å². The van der Waals surface area contributed by atoms with E-state index in [2.05, 4.69) is 58.9 Å². The number of ether oxygens (including phenoxy) is 4. The second kappa shape index (κ2) is 14.6. The number of benzene rings is 2. The molecule has 2 amide bonds. The molecule has 4 N–H and O–H groups in total. The Morgan fingerprint density at radius 1 is 1.25 bits per heavy atom. The molecule has 0 aromatic heterocycles. The quantitative estimate of drug-likeness (QED) is 0.0875. The number of allylic oxidation sites excluding steroid dienone is 1. The lowest BCUT2D eigenvalue weighted by atomic mass is 9.95. The molecule has 11 nitrogen and oxygen atoms in total. The fraction of sp³-hybridized carbons (Fsp3) is 0.296. The highest BCUT2D eigenvalue weighted by Gasteiger charge is 2.32. The van der Waals surface area contributed by atoms with Crippen molar-refractivity contribution >= 4 is 50.1 Å². The Kier molecular flexibility index (Phi) is 11.2. The van der Waals surface area contributed by atoms with Crippen LogP contribution in [0.15, 0.2) is 55.6 Å². The van der Waals surface area contributed by atoms with Crippen LogP contribution in [0.2, 0.25) is 0 Å². The van der Waals surface area contributed by atoms with E-state index in [1.807, 2.05) is 6.07 Å². The molecule has 1 heterocycles. The van der Waals surface area contributed by atoms with Crippen LogP contribution >= 0.6 is 31.9 Å². The number of carbonyl (C=O) groups excluding carboxylic acids is 2. The summed E-state index contributed by atoms with van der Waals surface area (Å²) in [6, 6.07) is 7.36. The Bertz CT molecular complexity index is 1360. The summed E-state index contributed by atoms with van der Waals surface area (Å²) in [4.78, 5) is 24.5. The number of methoxy groups -OCH3 is 1. The van der Waals surface area contributed by atoms with Gasteiger partial charge in [0.1, 0.15) is 19.0 Å². The Morgan fingerprint density at radius 2 is 2.02 bits per heavy atom. The number of rotatable bonds is 12. The molecule has 2 atom stereocenters. The van der Waals surface area contributed by atoms with Crippen LogP contribution in [0, 0.1) is 12.3 Å². The van der Waals surface area contributed by atoms with Crippen LogP contribution in [0.4, 0.5) is 4.79 Å². The van der Waals surface area contributed by atoms with Gasteiger partial charge in [-0.25, -0.2) is 9.59 Å². The molecule has 0 bridgehead atoms. The van der Waals surface area contributed by atoms with Crippen molar-refractivity contribution < 1.29 is 33.6 Å². The number of hydrogen-bond donors (Lipinski definition) is 4. The van der Waals surface area contributed by atoms with Gasteiger partial charge in [-0.05, 0) is 59.6 Å². The van der Waals surface area contributed by atoms with Gasteiger partial charge in [0.05, 0.1) is 36.0 Å². The zero-order valence-corrected chi connectivity index (χ0v) is 25.1. The third-order valence-electron chi connectivity index (χ3n) is 5.44. The van der Waals surface area contributed by atoms with Crippen LogP contribution in [0.3, 0.4) is 0 Å². The molecule has 13 heteroatoms. The molecule has 0 saturated carbocycles. The van der Waals surface area contributed by atoms with Gasteiger partial charge in [-0.15, -0.1) is 6.42 Å². The summed E-state index contributed by atoms with van der Waals surface area (Å²) in [7, 11) is 1.27. The molecular formula is C27H28Br2N4O7. The lowest BCUT2D eigenvalue weighted by Gasteiger charge is -2.28. The Morgan fingerprint density at radius 3 is 2.73 bits per heavy atom. The number of hydrazone groups is 1. The molecule has 0 fully saturated rings. The number of amides is 2. The zero-order valence-electron chi connectivity index (χ0n) is 21.9. The molecule has 212 valence electrons. The second-order valence-electron chi connectivity index (χ2n) is 8.21. The molecular weight excluding hydrogens is 652 g/mol. The Labute approximate surface area is 248 Å². The van der Waals surface area contributed by atoms with E-state index in [1.165, 1.54) is 13.3 Å². The first-order valence-electron chi connectivity index (χ1n) is 12.0. The van der Waals surface area contributed by atoms with E-state index >= 15 is 0 Å². The molecule has 0 spiro atoms. The molecule has 40 heavy (non-hydrogen) atoms. The molecule has 0 aliphatic carbocycles. The third kappa shape index (κ3) is 7.91. The minimum atomic E-state index is -1.17. The van der Waals surface area contributed by atoms with Crippen molar-refractivity contribution in [3.63, 3.8) is 0 Å². The van der Waals surface area contributed by atoms with Gasteiger partial charge < -0.3 is 34.7 Å². The summed E-state index contributed by atoms with van der Waals surface area (Å²) >= 11 is 6.85. The molecule has 3 rings (SSSR count). The number of terminal acetylenes is 1. The third-order valence-corrected chi connectivity index (χ3v) is 6.48. The summed E-state index contributed by atoms with van der Waals surface area (Å²) in [5.41, 5.74) is 4.44. The van der Waals surface area contributed by atoms with Crippen molar-refractivity contribution in [2.24, 2.45) is 5.10 Å². The number of halogens is 2. The number of hydrogen-bond acceptors (Lipinski definition) is 9. The van der Waals surface area contributed by atoms with Crippen LogP contribution < -0.4 is 30.3 Å². The summed E-state index contributed by atoms with van der Waals surface area (Å²) in [6.45, 7) is 3.66. The van der Waals surface area contributed by atoms with Crippen molar-refractivity contribution in [1.82, 2.24) is 16.1 Å². The summed E-state index contributed by atoms with van der Waals surface area (Å²) in [6.07, 6.45) is 5.61. The van der Waals surface area contributed by atoms with E-state index < -0.39 is 24.3 Å². The molecule has 0 saturated heterocycles. The highest BCUT2D eigenvalue weighted by Crippen LogP contribution is 2.35. The van der Waals surface area contributed by atoms with Gasteiger partial charge in [0, 0.05) is 15.7 Å². The van der Waals surface area contributed by atoms with E-state index in [4.69, 9.17) is 25.4 Å². The summed E-state index contributed by atoms with van der Waals surface area (Å²) in [5.74, 6) is 3.05. The van der Waals surface area contributed by atoms with Crippen LogP contribution in [-0.4, -0.2) is 56.5 Å². The SMILES string of the molecule is C#CCOc1c(Br)cc(Br)cc1/C=N/N[C@H](O)COc1ccc([C@@H]2NC(=O)NC(C)=C2C(=O)OC)cc1OCC. The number of urea groups is 1. The average molecular weight is 680 g/mol. The van der Waals surface area contributed by atoms with Crippen molar-refractivity contribution in [3.8, 4) is 29.6 Å². The maximum atomic E-state index is 12.4. The normalized spacial score (nSPS) is 15.5. The number of aliphatic hydroxyl groups excluding tert-OH is 1. The maximum Gasteiger partial charge on any atom is 0.337 e. The average Bonchev–Trinajstić information content (AvgIpc) is 2.91. The lowest BCUT2D eigenvalue weighted by Crippen LogP contribution is -2.45. The predicted octanol–water partition coefficient (Wildman–Crippen LogP) is 3.74. The predicted molar refractivity (Wildman–Crippen MR) is 155 cm³/mol. The maximum absolute atomic E-state index is 12.4. The minimum Gasteiger partial charge on any atom is -0.490 e. The summed E-state index contributed by atoms with van der Waals surface area (Å²) < 4.78 is 23.5. The van der Waals surface area contributed by atoms with Crippen molar-refractivity contribution in [2.75, 3.05) is 26.9 Å². The van der Waals surface area contributed by atoms with Gasteiger partial charge in [-0.2, -0.15) is 5.10 Å². The fourth-order valence-electron chi connectivity index (χ4n) is 3.76. The number of nitrogens with one attached hydrogen (secondary N) is 3. The van der Waals surface area contributed by atoms with Gasteiger partial charge in [0.25, 0.3) is 0 Å². The lowest BCUT2D eigenvalue weighted by molar-refractivity contribution is -0.136. The molecule has 1 aliphatic heterocycles. The highest BCUT2D eigenvalue weighted by molar-refractivity contribution is 9.11. The van der Waals surface area contributed by atoms with E-state index in [0.717, 1.165) is 4.47 Å². The minimum absolute atomic E-state index is 0.0792. The molecule has 0 unspecified atom stereocenters. The van der Waals surface area contributed by atoms with Crippen LogP contribution in [0.5, 0.6) is 17.2 Å². The monoisotopic (exact) mass is 678 g/mol. The van der Waals surface area contributed by atoms with Crippen molar-refractivity contribution in [2.45, 2.75) is 26.1 Å². The Balaban J connectivity index is 1.72. The number of aliphatic hydroxyl groups is 1. The van der Waals surface area contributed by atoms with E-state index in [1.54, 1.807) is 38.1 Å². The van der Waals surface area contributed by atoms with E-state index in [0.29, 0.717) is 45.2 Å². The highest BCUT2D eigenvalue weighted by atomic mass is 79.9. The standard InChI is InChI=1S/C27H28Br2N4O7/c1-5-9-39-25-17(10-18(28)12-19(25)29)13-30-33-22(34)14-40-20-8-7-16(11-21(20)38-6-2)24-23(26(35)37-4)15(3)31-27(36)32-24/h1,7-8,10-13,22,24,33-34H,6,9,14H2,2-4H3,(H2,31,32,36)/b30-13+/t22-,24+/m1/s1. The zero-order chi connectivity index (χ0) is 29.2. The van der Waals surface area contributed by atoms with Crippen LogP contribution in [0.1, 0.15) is 31.0 Å². The first kappa shape index (κ1) is 30.8. The largest absolute Gasteiger partial charge is 0.490 e. The van der Waals surface area contributed by atoms with Crippen LogP contribution in [-0.2, 0) is 9.53 Å². The van der Waals surface area contributed by atoms with Gasteiger partial charge in [-0.3, -0.25) is 5.43 Å². The van der Waals surface area contributed by atoms with Gasteiger partial charge in [0.15, 0.2) is 17.7 Å². The van der Waals surface area contributed by atoms with Crippen molar-refractivity contribution in [3.05, 3.63) is 61.7 Å². The molecule has 0 radical (unpaired) electrons. The summed E-state index contributed by atoms with van der Waals surface area (Å²) in [5, 5.41) is 19.8. The first-order chi connectivity index (χ1) is 19.2. The molecule has 2 aromatic carbocycles. The number of nitrogens with zero attached hydrogens (tertiary/aromatic N) is 1. The molecule has 2 aromatic rings. The smallest absolute Gasteiger partial charge is 0.337 e. The van der Waals surface area contributed by atoms with E-state index in [9.17, 15) is 14.7 Å². The van der Waals surface area contributed by atoms with Gasteiger partial charge in [0.2, 0.25) is 0 Å². The molecule has 1 aliphatic rings. The van der Waals surface area contributed by atoms with Gasteiger partial charge in [-0.1, -0.05) is 27.9 Å². The van der Waals surface area contributed by atoms with Crippen molar-refractivity contribution in [1.29, 1.82) is 0 Å². The first-order valence-corrected chi connectivity index (χ1v) is 13.5.